The van der Waals surface area contributed by atoms with E-state index in [2.05, 4.69) is 10.6 Å². The van der Waals surface area contributed by atoms with Crippen LogP contribution in [0.2, 0.25) is 0 Å². The molecule has 0 aromatic heterocycles. The van der Waals surface area contributed by atoms with Gasteiger partial charge in [0.15, 0.2) is 0 Å². The molecule has 0 aliphatic carbocycles. The van der Waals surface area contributed by atoms with Gasteiger partial charge in [0.2, 0.25) is 5.91 Å². The zero-order valence-electron chi connectivity index (χ0n) is 18.3. The number of esters is 1. The first-order valence-corrected chi connectivity index (χ1v) is 9.93. The second-order valence-electron chi connectivity index (χ2n) is 6.81. The fourth-order valence-electron chi connectivity index (χ4n) is 2.92. The lowest BCUT2D eigenvalue weighted by Crippen LogP contribution is -2.47. The van der Waals surface area contributed by atoms with Crippen molar-refractivity contribution in [2.75, 3.05) is 27.9 Å². The molecule has 0 saturated heterocycles. The first kappa shape index (κ1) is 24.9. The Labute approximate surface area is 187 Å². The van der Waals surface area contributed by atoms with Crippen molar-refractivity contribution in [3.63, 3.8) is 0 Å². The Balaban J connectivity index is 1.86. The largest absolute Gasteiger partial charge is 0.493 e. The van der Waals surface area contributed by atoms with Gasteiger partial charge >= 0.3 is 19.2 Å². The van der Waals surface area contributed by atoms with Crippen LogP contribution in [0.4, 0.5) is 4.79 Å². The third-order valence-corrected chi connectivity index (χ3v) is 4.55. The zero-order chi connectivity index (χ0) is 23.3. The predicted molar refractivity (Wildman–Crippen MR) is 118 cm³/mol. The number of carbonyl (C=O) groups excluding carboxylic acids is 3. The first-order valence-electron chi connectivity index (χ1n) is 9.93. The minimum Gasteiger partial charge on any atom is -0.467 e. The number of methoxy groups -OCH3 is 1. The molecule has 2 rings (SSSR count). The van der Waals surface area contributed by atoms with Crippen molar-refractivity contribution in [2.24, 2.45) is 0 Å². The average Bonchev–Trinajstić information content (AvgIpc) is 2.83. The molecule has 0 unspecified atom stereocenters. The highest BCUT2D eigenvalue weighted by molar-refractivity contribution is 6.61. The molecular weight excluding hydrogens is 415 g/mol. The van der Waals surface area contributed by atoms with Crippen LogP contribution in [0.3, 0.4) is 0 Å². The van der Waals surface area contributed by atoms with E-state index < -0.39 is 31.1 Å². The van der Waals surface area contributed by atoms with Gasteiger partial charge in [-0.05, 0) is 16.6 Å². The van der Waals surface area contributed by atoms with Crippen molar-refractivity contribution in [1.29, 1.82) is 0 Å². The SMILES string of the molecule is COB(OC)c1ccc(C[C@@H](NC(=O)CNC(=O)OCc2ccccc2)C(=O)OC)cc1. The summed E-state index contributed by atoms with van der Waals surface area (Å²) in [5.74, 6) is -1.15. The molecule has 0 aliphatic rings. The molecule has 0 aliphatic heterocycles. The molecule has 170 valence electrons. The number of nitrogens with one attached hydrogen (secondary N) is 2. The number of amides is 2. The van der Waals surface area contributed by atoms with Gasteiger partial charge in [-0.3, -0.25) is 4.79 Å². The second kappa shape index (κ2) is 13.1. The Kier molecular flexibility index (Phi) is 10.2. The van der Waals surface area contributed by atoms with Crippen LogP contribution in [0.5, 0.6) is 0 Å². The van der Waals surface area contributed by atoms with Gasteiger partial charge in [0.05, 0.1) is 7.11 Å². The van der Waals surface area contributed by atoms with Crippen molar-refractivity contribution >= 4 is 30.6 Å². The van der Waals surface area contributed by atoms with Gasteiger partial charge in [0, 0.05) is 20.6 Å². The molecular formula is C22H27BN2O7. The van der Waals surface area contributed by atoms with Crippen LogP contribution in [-0.2, 0) is 41.4 Å². The molecule has 2 N–H and O–H groups in total. The van der Waals surface area contributed by atoms with E-state index in [9.17, 15) is 14.4 Å². The molecule has 0 spiro atoms. The number of hydrogen-bond acceptors (Lipinski definition) is 7. The van der Waals surface area contributed by atoms with Crippen LogP contribution in [0.15, 0.2) is 54.6 Å². The number of benzene rings is 2. The Morgan fingerprint density at radius 1 is 0.906 bits per heavy atom. The summed E-state index contributed by atoms with van der Waals surface area (Å²) >= 11 is 0. The number of hydrogen-bond donors (Lipinski definition) is 2. The highest BCUT2D eigenvalue weighted by atomic mass is 16.6. The van der Waals surface area contributed by atoms with Crippen molar-refractivity contribution in [2.45, 2.75) is 19.1 Å². The Hall–Kier alpha value is -3.37. The van der Waals surface area contributed by atoms with Crippen LogP contribution < -0.4 is 16.1 Å². The smallest absolute Gasteiger partial charge is 0.467 e. The number of ether oxygens (including phenoxy) is 2. The van der Waals surface area contributed by atoms with Gasteiger partial charge in [0.25, 0.3) is 0 Å². The standard InChI is InChI=1S/C22H27BN2O7/c1-29-21(27)19(13-16-9-11-18(12-10-16)23(30-2)31-3)25-20(26)14-24-22(28)32-15-17-7-5-4-6-8-17/h4-12,19H,13-15H2,1-3H3,(H,24,28)(H,25,26)/t19-/m1/s1. The van der Waals surface area contributed by atoms with Crippen molar-refractivity contribution in [3.8, 4) is 0 Å². The highest BCUT2D eigenvalue weighted by Crippen LogP contribution is 2.05. The fourth-order valence-corrected chi connectivity index (χ4v) is 2.92. The van der Waals surface area contributed by atoms with E-state index in [1.165, 1.54) is 21.3 Å². The van der Waals surface area contributed by atoms with Gasteiger partial charge in [-0.1, -0.05) is 54.6 Å². The summed E-state index contributed by atoms with van der Waals surface area (Å²) in [4.78, 5) is 36.2. The summed E-state index contributed by atoms with van der Waals surface area (Å²) in [5, 5.41) is 4.93. The maximum absolute atomic E-state index is 12.2. The number of carbonyl (C=O) groups is 3. The quantitative estimate of drug-likeness (QED) is 0.391. The number of rotatable bonds is 11. The van der Waals surface area contributed by atoms with Crippen molar-refractivity contribution < 1.29 is 33.2 Å². The maximum atomic E-state index is 12.2. The molecule has 2 amide bonds. The highest BCUT2D eigenvalue weighted by Gasteiger charge is 2.23. The molecule has 2 aromatic rings. The monoisotopic (exact) mass is 442 g/mol. The zero-order valence-corrected chi connectivity index (χ0v) is 18.3. The maximum Gasteiger partial charge on any atom is 0.493 e. The van der Waals surface area contributed by atoms with Gasteiger partial charge in [-0.2, -0.15) is 0 Å². The summed E-state index contributed by atoms with van der Waals surface area (Å²) in [7, 11) is 3.83. The summed E-state index contributed by atoms with van der Waals surface area (Å²) in [6.45, 7) is -0.258. The summed E-state index contributed by atoms with van der Waals surface area (Å²) < 4.78 is 20.3. The van der Waals surface area contributed by atoms with Crippen molar-refractivity contribution in [3.05, 3.63) is 65.7 Å². The Morgan fingerprint density at radius 3 is 2.16 bits per heavy atom. The molecule has 0 bridgehead atoms. The Morgan fingerprint density at radius 2 is 1.56 bits per heavy atom. The molecule has 9 nitrogen and oxygen atoms in total. The molecule has 0 heterocycles. The first-order chi connectivity index (χ1) is 15.5. The third kappa shape index (κ3) is 8.05. The van der Waals surface area contributed by atoms with Gasteiger partial charge in [0.1, 0.15) is 19.2 Å². The second-order valence-corrected chi connectivity index (χ2v) is 6.81. The van der Waals surface area contributed by atoms with Crippen LogP contribution in [0, 0.1) is 0 Å². The van der Waals surface area contributed by atoms with Gasteiger partial charge in [-0.25, -0.2) is 9.59 Å². The van der Waals surface area contributed by atoms with Crippen molar-refractivity contribution in [1.82, 2.24) is 10.6 Å². The lowest BCUT2D eigenvalue weighted by Gasteiger charge is -2.17. The molecule has 10 heteroatoms. The average molecular weight is 442 g/mol. The minimum atomic E-state index is -0.916. The van der Waals surface area contributed by atoms with E-state index >= 15 is 0 Å². The lowest BCUT2D eigenvalue weighted by molar-refractivity contribution is -0.144. The fraction of sp³-hybridized carbons (Fsp3) is 0.318. The molecule has 0 saturated carbocycles. The molecule has 0 fully saturated rings. The van der Waals surface area contributed by atoms with Gasteiger partial charge < -0.3 is 29.4 Å². The van der Waals surface area contributed by atoms with E-state index in [4.69, 9.17) is 18.8 Å². The summed E-state index contributed by atoms with van der Waals surface area (Å²) in [5.41, 5.74) is 2.44. The van der Waals surface area contributed by atoms with Crippen LogP contribution in [-0.4, -0.2) is 59.0 Å². The predicted octanol–water partition coefficient (Wildman–Crippen LogP) is 0.801. The van der Waals surface area contributed by atoms with Crippen LogP contribution in [0.1, 0.15) is 11.1 Å². The molecule has 0 radical (unpaired) electrons. The van der Waals surface area contributed by atoms with E-state index in [1.54, 1.807) is 0 Å². The van der Waals surface area contributed by atoms with Crippen LogP contribution >= 0.6 is 0 Å². The van der Waals surface area contributed by atoms with E-state index in [0.29, 0.717) is 0 Å². The Bertz CT molecular complexity index is 874. The van der Waals surface area contributed by atoms with E-state index in [0.717, 1.165) is 16.6 Å². The normalized spacial score (nSPS) is 11.2. The molecule has 1 atom stereocenters. The van der Waals surface area contributed by atoms with Crippen LogP contribution in [0.25, 0.3) is 0 Å². The molecule has 32 heavy (non-hydrogen) atoms. The lowest BCUT2D eigenvalue weighted by atomic mass is 9.78. The minimum absolute atomic E-state index is 0.0854. The topological polar surface area (TPSA) is 112 Å². The number of alkyl carbamates (subject to hydrolysis) is 1. The third-order valence-electron chi connectivity index (χ3n) is 4.55. The molecule has 2 aromatic carbocycles. The summed E-state index contributed by atoms with van der Waals surface area (Å²) in [6, 6.07) is 15.5. The van der Waals surface area contributed by atoms with E-state index in [1.807, 2.05) is 54.6 Å². The van der Waals surface area contributed by atoms with Gasteiger partial charge in [-0.15, -0.1) is 0 Å². The summed E-state index contributed by atoms with van der Waals surface area (Å²) in [6.07, 6.45) is -0.526. The van der Waals surface area contributed by atoms with E-state index in [-0.39, 0.29) is 19.6 Å².